The Morgan fingerprint density at radius 2 is 2.15 bits per heavy atom. The van der Waals surface area contributed by atoms with Crippen LogP contribution in [0.4, 0.5) is 5.69 Å². The van der Waals surface area contributed by atoms with Crippen molar-refractivity contribution in [1.29, 1.82) is 0 Å². The average molecular weight is 342 g/mol. The molecule has 1 aromatic carbocycles. The van der Waals surface area contributed by atoms with Crippen LogP contribution in [0.5, 0.6) is 0 Å². The molecular weight excluding hydrogens is 322 g/mol. The van der Waals surface area contributed by atoms with Gasteiger partial charge in [0.1, 0.15) is 0 Å². The Bertz CT molecular complexity index is 475. The Morgan fingerprint density at radius 1 is 1.45 bits per heavy atom. The summed E-state index contributed by atoms with van der Waals surface area (Å²) in [6, 6.07) is 5.22. The van der Waals surface area contributed by atoms with Gasteiger partial charge in [0.05, 0.1) is 9.40 Å². The van der Waals surface area contributed by atoms with Crippen molar-refractivity contribution in [2.75, 3.05) is 26.7 Å². The minimum Gasteiger partial charge on any atom is -0.317 e. The molecule has 0 unspecified atom stereocenters. The number of nitrogens with one attached hydrogen (secondary N) is 1. The van der Waals surface area contributed by atoms with Crippen LogP contribution in [-0.2, 0) is 6.54 Å². The summed E-state index contributed by atoms with van der Waals surface area (Å²) in [6.07, 6.45) is 2.42. The largest absolute Gasteiger partial charge is 0.317 e. The molecule has 0 amide bonds. The van der Waals surface area contributed by atoms with Crippen molar-refractivity contribution in [3.8, 4) is 0 Å². The summed E-state index contributed by atoms with van der Waals surface area (Å²) >= 11 is 3.36. The number of hydrogen-bond acceptors (Lipinski definition) is 4. The molecule has 0 aromatic heterocycles. The number of nitro groups is 1. The van der Waals surface area contributed by atoms with Crippen molar-refractivity contribution in [2.45, 2.75) is 19.4 Å². The van der Waals surface area contributed by atoms with Gasteiger partial charge >= 0.3 is 0 Å². The van der Waals surface area contributed by atoms with E-state index in [9.17, 15) is 10.1 Å². The van der Waals surface area contributed by atoms with E-state index in [1.165, 1.54) is 18.9 Å². The molecule has 0 radical (unpaired) electrons. The summed E-state index contributed by atoms with van der Waals surface area (Å²) in [5.74, 6) is 0.721. The topological polar surface area (TPSA) is 58.4 Å². The van der Waals surface area contributed by atoms with Gasteiger partial charge in [0.15, 0.2) is 0 Å². The predicted octanol–water partition coefficient (Wildman–Crippen LogP) is 2.79. The van der Waals surface area contributed by atoms with E-state index >= 15 is 0 Å². The van der Waals surface area contributed by atoms with Crippen LogP contribution in [0.15, 0.2) is 22.7 Å². The van der Waals surface area contributed by atoms with Gasteiger partial charge in [-0.25, -0.2) is 0 Å². The molecule has 1 aliphatic rings. The third kappa shape index (κ3) is 4.01. The van der Waals surface area contributed by atoms with Crippen LogP contribution < -0.4 is 5.32 Å². The van der Waals surface area contributed by atoms with Crippen molar-refractivity contribution in [2.24, 2.45) is 5.92 Å². The number of halogens is 1. The lowest BCUT2D eigenvalue weighted by molar-refractivity contribution is -0.385. The summed E-state index contributed by atoms with van der Waals surface area (Å²) in [6.45, 7) is 3.96. The summed E-state index contributed by atoms with van der Waals surface area (Å²) in [4.78, 5) is 12.8. The van der Waals surface area contributed by atoms with E-state index in [0.717, 1.165) is 37.7 Å². The van der Waals surface area contributed by atoms with Gasteiger partial charge in [-0.1, -0.05) is 12.1 Å². The van der Waals surface area contributed by atoms with Gasteiger partial charge in [-0.2, -0.15) is 0 Å². The third-order valence-electron chi connectivity index (χ3n) is 3.72. The summed E-state index contributed by atoms with van der Waals surface area (Å²) in [5, 5.41) is 14.3. The first-order valence-corrected chi connectivity index (χ1v) is 7.68. The van der Waals surface area contributed by atoms with Crippen LogP contribution in [-0.4, -0.2) is 36.5 Å². The fourth-order valence-electron chi connectivity index (χ4n) is 2.69. The van der Waals surface area contributed by atoms with Gasteiger partial charge in [-0.3, -0.25) is 10.1 Å². The highest BCUT2D eigenvalue weighted by Gasteiger charge is 2.18. The van der Waals surface area contributed by atoms with Crippen LogP contribution in [0.3, 0.4) is 0 Å². The molecule has 1 aliphatic heterocycles. The van der Waals surface area contributed by atoms with Gasteiger partial charge in [0, 0.05) is 19.2 Å². The molecule has 0 atom stereocenters. The molecular formula is C14H20BrN3O2. The van der Waals surface area contributed by atoms with E-state index in [-0.39, 0.29) is 10.6 Å². The van der Waals surface area contributed by atoms with E-state index in [2.05, 4.69) is 33.2 Å². The number of nitro benzene ring substituents is 1. The normalized spacial score (nSPS) is 16.6. The number of benzene rings is 1. The summed E-state index contributed by atoms with van der Waals surface area (Å²) < 4.78 is 0.599. The Morgan fingerprint density at radius 3 is 2.80 bits per heavy atom. The fourth-order valence-corrected chi connectivity index (χ4v) is 3.22. The molecule has 0 bridgehead atoms. The van der Waals surface area contributed by atoms with Crippen LogP contribution in [0.2, 0.25) is 0 Å². The number of piperidine rings is 1. The first-order valence-electron chi connectivity index (χ1n) is 6.89. The molecule has 5 nitrogen and oxygen atoms in total. The second-order valence-corrected chi connectivity index (χ2v) is 6.19. The zero-order chi connectivity index (χ0) is 14.5. The molecule has 0 saturated carbocycles. The molecule has 0 aliphatic carbocycles. The highest BCUT2D eigenvalue weighted by molar-refractivity contribution is 9.10. The van der Waals surface area contributed by atoms with E-state index in [1.807, 2.05) is 6.07 Å². The smallest absolute Gasteiger partial charge is 0.283 e. The first kappa shape index (κ1) is 15.4. The van der Waals surface area contributed by atoms with Crippen molar-refractivity contribution in [3.63, 3.8) is 0 Å². The van der Waals surface area contributed by atoms with E-state index in [4.69, 9.17) is 0 Å². The van der Waals surface area contributed by atoms with Crippen LogP contribution >= 0.6 is 15.9 Å². The molecule has 1 N–H and O–H groups in total. The van der Waals surface area contributed by atoms with Gasteiger partial charge in [0.2, 0.25) is 0 Å². The SMILES string of the molecule is CN(Cc1cccc([N+](=O)[O-])c1Br)CC1CCNCC1. The highest BCUT2D eigenvalue weighted by atomic mass is 79.9. The predicted molar refractivity (Wildman–Crippen MR) is 82.7 cm³/mol. The lowest BCUT2D eigenvalue weighted by Gasteiger charge is -2.27. The van der Waals surface area contributed by atoms with Gasteiger partial charge < -0.3 is 10.2 Å². The van der Waals surface area contributed by atoms with E-state index < -0.39 is 0 Å². The minimum absolute atomic E-state index is 0.137. The molecule has 1 heterocycles. The second-order valence-electron chi connectivity index (χ2n) is 5.40. The van der Waals surface area contributed by atoms with Gasteiger partial charge in [-0.05, 0) is 60.4 Å². The molecule has 1 fully saturated rings. The maximum absolute atomic E-state index is 10.9. The van der Waals surface area contributed by atoms with Crippen molar-refractivity contribution in [1.82, 2.24) is 10.2 Å². The molecule has 2 rings (SSSR count). The lowest BCUT2D eigenvalue weighted by Crippen LogP contribution is -2.34. The maximum atomic E-state index is 10.9. The standard InChI is InChI=1S/C14H20BrN3O2/c1-17(9-11-5-7-16-8-6-11)10-12-3-2-4-13(14(12)15)18(19)20/h2-4,11,16H,5-10H2,1H3. The number of nitrogens with zero attached hydrogens (tertiary/aromatic N) is 2. The van der Waals surface area contributed by atoms with Gasteiger partial charge in [0.25, 0.3) is 5.69 Å². The molecule has 1 aromatic rings. The van der Waals surface area contributed by atoms with Crippen LogP contribution in [0.1, 0.15) is 18.4 Å². The highest BCUT2D eigenvalue weighted by Crippen LogP contribution is 2.29. The van der Waals surface area contributed by atoms with Gasteiger partial charge in [-0.15, -0.1) is 0 Å². The van der Waals surface area contributed by atoms with Crippen molar-refractivity contribution in [3.05, 3.63) is 38.3 Å². The summed E-state index contributed by atoms with van der Waals surface area (Å²) in [5.41, 5.74) is 1.11. The molecule has 1 saturated heterocycles. The monoisotopic (exact) mass is 341 g/mol. The Labute approximate surface area is 127 Å². The second kappa shape index (κ2) is 7.15. The molecule has 20 heavy (non-hydrogen) atoms. The van der Waals surface area contributed by atoms with E-state index in [0.29, 0.717) is 4.47 Å². The molecule has 110 valence electrons. The Kier molecular flexibility index (Phi) is 5.51. The Hall–Kier alpha value is -0.980. The van der Waals surface area contributed by atoms with Crippen LogP contribution in [0, 0.1) is 16.0 Å². The number of hydrogen-bond donors (Lipinski definition) is 1. The number of rotatable bonds is 5. The molecule has 0 spiro atoms. The quantitative estimate of drug-likeness (QED) is 0.660. The minimum atomic E-state index is -0.347. The zero-order valence-corrected chi connectivity index (χ0v) is 13.2. The maximum Gasteiger partial charge on any atom is 0.283 e. The van der Waals surface area contributed by atoms with E-state index in [1.54, 1.807) is 6.07 Å². The zero-order valence-electron chi connectivity index (χ0n) is 11.6. The third-order valence-corrected chi connectivity index (χ3v) is 4.64. The average Bonchev–Trinajstić information content (AvgIpc) is 2.42. The first-order chi connectivity index (χ1) is 9.58. The molecule has 6 heteroatoms. The Balaban J connectivity index is 1.98. The van der Waals surface area contributed by atoms with Crippen molar-refractivity contribution >= 4 is 21.6 Å². The lowest BCUT2D eigenvalue weighted by atomic mass is 9.97. The van der Waals surface area contributed by atoms with Crippen molar-refractivity contribution < 1.29 is 4.92 Å². The fraction of sp³-hybridized carbons (Fsp3) is 0.571. The summed E-state index contributed by atoms with van der Waals surface area (Å²) in [7, 11) is 2.08. The van der Waals surface area contributed by atoms with Crippen LogP contribution in [0.25, 0.3) is 0 Å².